The molecule has 0 spiro atoms. The summed E-state index contributed by atoms with van der Waals surface area (Å²) in [5.41, 5.74) is 2.96. The summed E-state index contributed by atoms with van der Waals surface area (Å²) >= 11 is 6.73. The lowest BCUT2D eigenvalue weighted by atomic mass is 9.77. The van der Waals surface area contributed by atoms with E-state index < -0.39 is 18.3 Å². The van der Waals surface area contributed by atoms with Crippen LogP contribution in [0.1, 0.15) is 27.7 Å². The minimum Gasteiger partial charge on any atom is -0.399 e. The van der Waals surface area contributed by atoms with Gasteiger partial charge in [0, 0.05) is 27.5 Å². The average Bonchev–Trinajstić information content (AvgIpc) is 2.91. The molecule has 1 aliphatic heterocycles. The van der Waals surface area contributed by atoms with E-state index in [0.29, 0.717) is 5.02 Å². The van der Waals surface area contributed by atoms with Crippen molar-refractivity contribution in [1.82, 2.24) is 0 Å². The van der Waals surface area contributed by atoms with Crippen molar-refractivity contribution >= 4 is 41.2 Å². The fraction of sp³-hybridized carbons (Fsp3) is 0.250. The molecule has 1 aliphatic rings. The number of hydrogen-bond donors (Lipinski definition) is 0. The van der Waals surface area contributed by atoms with E-state index in [0.717, 1.165) is 22.5 Å². The average molecular weight is 406 g/mol. The Morgan fingerprint density at radius 3 is 1.66 bits per heavy atom. The van der Waals surface area contributed by atoms with Gasteiger partial charge in [-0.3, -0.25) is 0 Å². The molecule has 1 heterocycles. The molecule has 5 heteroatoms. The molecule has 0 N–H and O–H groups in total. The lowest BCUT2D eigenvalue weighted by Crippen LogP contribution is -2.41. The second-order valence-electron chi connectivity index (χ2n) is 8.27. The Labute approximate surface area is 178 Å². The van der Waals surface area contributed by atoms with Crippen LogP contribution in [0.2, 0.25) is 5.02 Å². The van der Waals surface area contributed by atoms with E-state index in [2.05, 4.69) is 62.9 Å². The van der Waals surface area contributed by atoms with Gasteiger partial charge < -0.3 is 14.2 Å². The highest BCUT2D eigenvalue weighted by Crippen LogP contribution is 2.40. The molecule has 29 heavy (non-hydrogen) atoms. The molecule has 0 radical (unpaired) electrons. The third-order valence-corrected chi connectivity index (χ3v) is 6.12. The molecule has 1 fully saturated rings. The quantitative estimate of drug-likeness (QED) is 0.489. The first-order valence-electron chi connectivity index (χ1n) is 9.84. The fourth-order valence-corrected chi connectivity index (χ4v) is 3.75. The number of anilines is 3. The van der Waals surface area contributed by atoms with Crippen LogP contribution < -0.4 is 10.4 Å². The molecule has 0 bridgehead atoms. The van der Waals surface area contributed by atoms with Gasteiger partial charge in [-0.05, 0) is 64.1 Å². The highest BCUT2D eigenvalue weighted by Gasteiger charge is 2.53. The molecule has 0 atom stereocenters. The number of rotatable bonds is 4. The van der Waals surface area contributed by atoms with Gasteiger partial charge in [-0.2, -0.15) is 0 Å². The van der Waals surface area contributed by atoms with Gasteiger partial charge in [-0.25, -0.2) is 0 Å². The second-order valence-corrected chi connectivity index (χ2v) is 8.67. The van der Waals surface area contributed by atoms with Gasteiger partial charge in [0.1, 0.15) is 0 Å². The highest BCUT2D eigenvalue weighted by atomic mass is 35.5. The summed E-state index contributed by atoms with van der Waals surface area (Å²) in [6, 6.07) is 26.4. The van der Waals surface area contributed by atoms with Crippen LogP contribution in [0.15, 0.2) is 78.9 Å². The molecule has 0 aromatic heterocycles. The van der Waals surface area contributed by atoms with Gasteiger partial charge in [0.15, 0.2) is 0 Å². The van der Waals surface area contributed by atoms with Crippen LogP contribution in [0, 0.1) is 0 Å². The van der Waals surface area contributed by atoms with Gasteiger partial charge in [-0.15, -0.1) is 0 Å². The predicted molar refractivity (Wildman–Crippen MR) is 122 cm³/mol. The van der Waals surface area contributed by atoms with Crippen LogP contribution in [-0.2, 0) is 9.31 Å². The summed E-state index contributed by atoms with van der Waals surface area (Å²) < 4.78 is 12.7. The number of nitrogens with zero attached hydrogens (tertiary/aromatic N) is 1. The first-order chi connectivity index (χ1) is 13.8. The number of para-hydroxylation sites is 2. The van der Waals surface area contributed by atoms with Crippen molar-refractivity contribution in [3.05, 3.63) is 83.9 Å². The molecule has 3 aromatic rings. The lowest BCUT2D eigenvalue weighted by molar-refractivity contribution is 0.00578. The van der Waals surface area contributed by atoms with Crippen LogP contribution in [0.3, 0.4) is 0 Å². The first-order valence-corrected chi connectivity index (χ1v) is 10.2. The van der Waals surface area contributed by atoms with Gasteiger partial charge >= 0.3 is 7.12 Å². The molecule has 1 saturated heterocycles. The minimum atomic E-state index is -0.557. The Bertz CT molecular complexity index is 937. The Hall–Kier alpha value is -2.27. The van der Waals surface area contributed by atoms with Crippen molar-refractivity contribution in [3.63, 3.8) is 0 Å². The first kappa shape index (κ1) is 20.0. The van der Waals surface area contributed by atoms with Gasteiger partial charge in [0.05, 0.1) is 11.2 Å². The monoisotopic (exact) mass is 405 g/mol. The minimum absolute atomic E-state index is 0.446. The van der Waals surface area contributed by atoms with Crippen molar-refractivity contribution in [1.29, 1.82) is 0 Å². The van der Waals surface area contributed by atoms with E-state index in [1.807, 2.05) is 48.5 Å². The van der Waals surface area contributed by atoms with Crippen LogP contribution in [0.4, 0.5) is 17.1 Å². The molecule has 4 rings (SSSR count). The molecule has 3 aromatic carbocycles. The highest BCUT2D eigenvalue weighted by molar-refractivity contribution is 6.67. The molecule has 0 aliphatic carbocycles. The fourth-order valence-electron chi connectivity index (χ4n) is 3.50. The van der Waals surface area contributed by atoms with Gasteiger partial charge in [0.25, 0.3) is 0 Å². The van der Waals surface area contributed by atoms with Crippen LogP contribution in [0.5, 0.6) is 0 Å². The van der Waals surface area contributed by atoms with Gasteiger partial charge in [0.2, 0.25) is 0 Å². The molecule has 3 nitrogen and oxygen atoms in total. The second kappa shape index (κ2) is 7.53. The maximum atomic E-state index is 6.73. The largest absolute Gasteiger partial charge is 0.498 e. The molecular weight excluding hydrogens is 381 g/mol. The van der Waals surface area contributed by atoms with E-state index in [1.165, 1.54) is 0 Å². The SMILES string of the molecule is CC1(C)OB(c2c(Cl)cccc2N(c2ccccc2)c2ccccc2)OC1(C)C. The summed E-state index contributed by atoms with van der Waals surface area (Å²) in [7, 11) is -0.557. The Kier molecular flexibility index (Phi) is 5.20. The molecular formula is C24H25BClNO2. The maximum absolute atomic E-state index is 6.73. The summed E-state index contributed by atoms with van der Waals surface area (Å²) in [6.45, 7) is 8.21. The topological polar surface area (TPSA) is 21.7 Å². The predicted octanol–water partition coefficient (Wildman–Crippen LogP) is 6.11. The van der Waals surface area contributed by atoms with Crippen molar-refractivity contribution in [2.24, 2.45) is 0 Å². The Morgan fingerprint density at radius 2 is 1.17 bits per heavy atom. The number of hydrogen-bond acceptors (Lipinski definition) is 3. The van der Waals surface area contributed by atoms with E-state index in [-0.39, 0.29) is 0 Å². The normalized spacial score (nSPS) is 17.3. The molecule has 0 amide bonds. The molecule has 0 saturated carbocycles. The number of benzene rings is 3. The standard InChI is InChI=1S/C24H25BClNO2/c1-23(2)24(3,4)29-25(28-23)22-20(26)16-11-17-21(22)27(18-12-7-5-8-13-18)19-14-9-6-10-15-19/h5-17H,1-4H3. The zero-order chi connectivity index (χ0) is 20.6. The van der Waals surface area contributed by atoms with Crippen molar-refractivity contribution in [2.45, 2.75) is 38.9 Å². The third-order valence-electron chi connectivity index (χ3n) is 5.79. The zero-order valence-corrected chi connectivity index (χ0v) is 18.0. The lowest BCUT2D eigenvalue weighted by Gasteiger charge is -2.32. The van der Waals surface area contributed by atoms with Gasteiger partial charge in [-0.1, -0.05) is 54.1 Å². The van der Waals surface area contributed by atoms with E-state index >= 15 is 0 Å². The molecule has 148 valence electrons. The van der Waals surface area contributed by atoms with Crippen molar-refractivity contribution < 1.29 is 9.31 Å². The summed E-state index contributed by atoms with van der Waals surface area (Å²) in [6.07, 6.45) is 0. The summed E-state index contributed by atoms with van der Waals surface area (Å²) in [4.78, 5) is 2.19. The van der Waals surface area contributed by atoms with Crippen molar-refractivity contribution in [3.8, 4) is 0 Å². The summed E-state index contributed by atoms with van der Waals surface area (Å²) in [5.74, 6) is 0. The van der Waals surface area contributed by atoms with E-state index in [4.69, 9.17) is 20.9 Å². The van der Waals surface area contributed by atoms with Crippen LogP contribution in [0.25, 0.3) is 0 Å². The Morgan fingerprint density at radius 1 is 0.690 bits per heavy atom. The van der Waals surface area contributed by atoms with Crippen LogP contribution >= 0.6 is 11.6 Å². The maximum Gasteiger partial charge on any atom is 0.498 e. The zero-order valence-electron chi connectivity index (χ0n) is 17.2. The smallest absolute Gasteiger partial charge is 0.399 e. The van der Waals surface area contributed by atoms with E-state index in [9.17, 15) is 0 Å². The summed E-state index contributed by atoms with van der Waals surface area (Å²) in [5, 5.41) is 0.623. The van der Waals surface area contributed by atoms with Crippen molar-refractivity contribution in [2.75, 3.05) is 4.90 Å². The van der Waals surface area contributed by atoms with Crippen LogP contribution in [-0.4, -0.2) is 18.3 Å². The molecule has 0 unspecified atom stereocenters. The van der Waals surface area contributed by atoms with E-state index in [1.54, 1.807) is 0 Å². The third kappa shape index (κ3) is 3.68. The number of halogens is 1. The Balaban J connectivity index is 1.89.